The summed E-state index contributed by atoms with van der Waals surface area (Å²) in [5, 5.41) is 0. The maximum atomic E-state index is 11.4. The molecule has 74 valence electrons. The second-order valence-electron chi connectivity index (χ2n) is 3.01. The number of hydrogen-bond donors (Lipinski definition) is 0. The average molecular weight is 193 g/mol. The molecule has 0 radical (unpaired) electrons. The fourth-order valence-electron chi connectivity index (χ4n) is 0.953. The van der Waals surface area contributed by atoms with Crippen LogP contribution in [0.5, 0.6) is 0 Å². The van der Waals surface area contributed by atoms with Crippen LogP contribution in [0.2, 0.25) is 0 Å². The first kappa shape index (κ1) is 10.4. The van der Waals surface area contributed by atoms with Crippen LogP contribution in [0, 0.1) is 0 Å². The van der Waals surface area contributed by atoms with Gasteiger partial charge in [0, 0.05) is 11.8 Å². The average Bonchev–Trinajstić information content (AvgIpc) is 2.16. The molecule has 0 N–H and O–H groups in total. The van der Waals surface area contributed by atoms with Gasteiger partial charge in [-0.25, -0.2) is 9.78 Å². The van der Waals surface area contributed by atoms with E-state index in [4.69, 9.17) is 4.74 Å². The zero-order valence-electron chi connectivity index (χ0n) is 8.06. The van der Waals surface area contributed by atoms with E-state index in [1.807, 2.05) is 0 Å². The minimum absolute atomic E-state index is 0.0659. The SMILES string of the molecule is CC(C)OC(=O)c1ncccc1C=O. The molecule has 0 aliphatic rings. The first-order valence-corrected chi connectivity index (χ1v) is 4.26. The van der Waals surface area contributed by atoms with E-state index >= 15 is 0 Å². The van der Waals surface area contributed by atoms with Crippen molar-refractivity contribution in [3.8, 4) is 0 Å². The first-order chi connectivity index (χ1) is 6.65. The lowest BCUT2D eigenvalue weighted by Gasteiger charge is -2.07. The molecule has 1 heterocycles. The molecular weight excluding hydrogens is 182 g/mol. The largest absolute Gasteiger partial charge is 0.458 e. The van der Waals surface area contributed by atoms with Gasteiger partial charge in [-0.2, -0.15) is 0 Å². The summed E-state index contributed by atoms with van der Waals surface area (Å²) in [4.78, 5) is 25.8. The fraction of sp³-hybridized carbons (Fsp3) is 0.300. The highest BCUT2D eigenvalue weighted by Gasteiger charge is 2.14. The topological polar surface area (TPSA) is 56.3 Å². The zero-order valence-corrected chi connectivity index (χ0v) is 8.06. The molecule has 0 aliphatic carbocycles. The van der Waals surface area contributed by atoms with Gasteiger partial charge < -0.3 is 4.74 Å². The van der Waals surface area contributed by atoms with Crippen LogP contribution < -0.4 is 0 Å². The molecule has 0 atom stereocenters. The van der Waals surface area contributed by atoms with Crippen LogP contribution in [0.25, 0.3) is 0 Å². The van der Waals surface area contributed by atoms with Gasteiger partial charge in [-0.1, -0.05) is 0 Å². The molecule has 0 amide bonds. The van der Waals surface area contributed by atoms with Crippen LogP contribution in [0.1, 0.15) is 34.7 Å². The number of esters is 1. The number of aldehydes is 1. The minimum Gasteiger partial charge on any atom is -0.458 e. The van der Waals surface area contributed by atoms with Crippen LogP contribution >= 0.6 is 0 Å². The Balaban J connectivity index is 2.94. The maximum Gasteiger partial charge on any atom is 0.357 e. The molecule has 0 saturated heterocycles. The summed E-state index contributed by atoms with van der Waals surface area (Å²) in [6.45, 7) is 3.48. The van der Waals surface area contributed by atoms with E-state index in [1.54, 1.807) is 19.9 Å². The van der Waals surface area contributed by atoms with E-state index in [0.29, 0.717) is 6.29 Å². The summed E-state index contributed by atoms with van der Waals surface area (Å²) in [7, 11) is 0. The fourth-order valence-corrected chi connectivity index (χ4v) is 0.953. The van der Waals surface area contributed by atoms with Crippen molar-refractivity contribution < 1.29 is 14.3 Å². The smallest absolute Gasteiger partial charge is 0.357 e. The zero-order chi connectivity index (χ0) is 10.6. The quantitative estimate of drug-likeness (QED) is 0.538. The Kier molecular flexibility index (Phi) is 3.34. The number of pyridine rings is 1. The normalized spacial score (nSPS) is 9.93. The molecule has 0 unspecified atom stereocenters. The van der Waals surface area contributed by atoms with E-state index in [1.165, 1.54) is 12.3 Å². The monoisotopic (exact) mass is 193 g/mol. The molecule has 0 fully saturated rings. The van der Waals surface area contributed by atoms with Gasteiger partial charge in [0.1, 0.15) is 0 Å². The molecule has 0 spiro atoms. The summed E-state index contributed by atoms with van der Waals surface area (Å²) in [5.74, 6) is -0.567. The Morgan fingerprint density at radius 3 is 2.86 bits per heavy atom. The highest BCUT2D eigenvalue weighted by molar-refractivity contribution is 5.96. The predicted molar refractivity (Wildman–Crippen MR) is 50.2 cm³/mol. The molecule has 1 aromatic rings. The second-order valence-corrected chi connectivity index (χ2v) is 3.01. The standard InChI is InChI=1S/C10H11NO3/c1-7(2)14-10(13)9-8(6-12)4-3-5-11-9/h3-7H,1-2H3. The number of carbonyl (C=O) groups is 2. The molecular formula is C10H11NO3. The van der Waals surface area contributed by atoms with Gasteiger partial charge in [0.2, 0.25) is 0 Å². The Morgan fingerprint density at radius 1 is 1.57 bits per heavy atom. The predicted octanol–water partition coefficient (Wildman–Crippen LogP) is 1.46. The van der Waals surface area contributed by atoms with Crippen molar-refractivity contribution in [2.75, 3.05) is 0 Å². The van der Waals surface area contributed by atoms with Crippen LogP contribution in [0.3, 0.4) is 0 Å². The number of nitrogens with zero attached hydrogens (tertiary/aromatic N) is 1. The van der Waals surface area contributed by atoms with Crippen LogP contribution in [-0.4, -0.2) is 23.3 Å². The van der Waals surface area contributed by atoms with Gasteiger partial charge in [0.15, 0.2) is 12.0 Å². The van der Waals surface area contributed by atoms with Gasteiger partial charge in [-0.05, 0) is 26.0 Å². The van der Waals surface area contributed by atoms with E-state index in [-0.39, 0.29) is 17.4 Å². The molecule has 0 aromatic carbocycles. The summed E-state index contributed by atoms with van der Waals surface area (Å²) in [5.41, 5.74) is 0.314. The molecule has 0 saturated carbocycles. The Bertz CT molecular complexity index is 347. The van der Waals surface area contributed by atoms with Gasteiger partial charge in [0.05, 0.1) is 6.10 Å². The number of hydrogen-bond acceptors (Lipinski definition) is 4. The van der Waals surface area contributed by atoms with Crippen molar-refractivity contribution in [2.45, 2.75) is 20.0 Å². The van der Waals surface area contributed by atoms with Gasteiger partial charge in [0.25, 0.3) is 0 Å². The second kappa shape index (κ2) is 4.50. The van der Waals surface area contributed by atoms with Crippen molar-refractivity contribution in [2.24, 2.45) is 0 Å². The summed E-state index contributed by atoms with van der Waals surface area (Å²) in [6, 6.07) is 3.12. The lowest BCUT2D eigenvalue weighted by atomic mass is 10.2. The first-order valence-electron chi connectivity index (χ1n) is 4.26. The summed E-state index contributed by atoms with van der Waals surface area (Å²) >= 11 is 0. The van der Waals surface area contributed by atoms with Crippen molar-refractivity contribution >= 4 is 12.3 Å². The number of carbonyl (C=O) groups excluding carboxylic acids is 2. The lowest BCUT2D eigenvalue weighted by molar-refractivity contribution is 0.0369. The van der Waals surface area contributed by atoms with Crippen LogP contribution in [-0.2, 0) is 4.74 Å². The highest BCUT2D eigenvalue weighted by atomic mass is 16.5. The number of aromatic nitrogens is 1. The number of ether oxygens (including phenoxy) is 1. The van der Waals surface area contributed by atoms with E-state index in [9.17, 15) is 9.59 Å². The third kappa shape index (κ3) is 2.39. The van der Waals surface area contributed by atoms with E-state index in [2.05, 4.69) is 4.98 Å². The van der Waals surface area contributed by atoms with Crippen LogP contribution in [0.4, 0.5) is 0 Å². The van der Waals surface area contributed by atoms with Crippen molar-refractivity contribution in [3.63, 3.8) is 0 Å². The summed E-state index contributed by atoms with van der Waals surface area (Å²) < 4.78 is 4.92. The van der Waals surface area contributed by atoms with Gasteiger partial charge in [-0.3, -0.25) is 4.79 Å². The molecule has 1 aromatic heterocycles. The highest BCUT2D eigenvalue weighted by Crippen LogP contribution is 2.05. The Labute approximate surface area is 81.9 Å². The molecule has 0 aliphatic heterocycles. The third-order valence-corrected chi connectivity index (χ3v) is 1.50. The summed E-state index contributed by atoms with van der Waals surface area (Å²) in [6.07, 6.45) is 1.82. The van der Waals surface area contributed by atoms with Crippen molar-refractivity contribution in [3.05, 3.63) is 29.6 Å². The third-order valence-electron chi connectivity index (χ3n) is 1.50. The Morgan fingerprint density at radius 2 is 2.29 bits per heavy atom. The molecule has 4 nitrogen and oxygen atoms in total. The number of rotatable bonds is 3. The van der Waals surface area contributed by atoms with Gasteiger partial charge >= 0.3 is 5.97 Å². The van der Waals surface area contributed by atoms with Crippen LogP contribution in [0.15, 0.2) is 18.3 Å². The van der Waals surface area contributed by atoms with Crippen molar-refractivity contribution in [1.82, 2.24) is 4.98 Å². The molecule has 4 heteroatoms. The lowest BCUT2D eigenvalue weighted by Crippen LogP contribution is -2.14. The Hall–Kier alpha value is -1.71. The maximum absolute atomic E-state index is 11.4. The minimum atomic E-state index is -0.567. The van der Waals surface area contributed by atoms with E-state index < -0.39 is 5.97 Å². The molecule has 0 bridgehead atoms. The molecule has 1 rings (SSSR count). The van der Waals surface area contributed by atoms with Gasteiger partial charge in [-0.15, -0.1) is 0 Å². The molecule has 14 heavy (non-hydrogen) atoms. The van der Waals surface area contributed by atoms with E-state index in [0.717, 1.165) is 0 Å². The van der Waals surface area contributed by atoms with Crippen molar-refractivity contribution in [1.29, 1.82) is 0 Å².